The number of rotatable bonds is 5. The molecule has 0 radical (unpaired) electrons. The van der Waals surface area contributed by atoms with Crippen LogP contribution in [0.25, 0.3) is 11.5 Å². The quantitative estimate of drug-likeness (QED) is 0.449. The zero-order valence-corrected chi connectivity index (χ0v) is 15.8. The summed E-state index contributed by atoms with van der Waals surface area (Å²) in [5.41, 5.74) is 3.01. The summed E-state index contributed by atoms with van der Waals surface area (Å²) in [5.74, 6) is 0.0613. The van der Waals surface area contributed by atoms with E-state index in [2.05, 4.69) is 15.5 Å². The zero-order valence-electron chi connectivity index (χ0n) is 15.1. The second-order valence-corrected chi connectivity index (χ2v) is 6.78. The van der Waals surface area contributed by atoms with Crippen molar-refractivity contribution in [2.75, 3.05) is 5.32 Å². The Hall–Kier alpha value is -3.18. The topological polar surface area (TPSA) is 51.0 Å². The highest BCUT2D eigenvalue weighted by atomic mass is 35.5. The first kappa shape index (κ1) is 18.2. The van der Waals surface area contributed by atoms with Gasteiger partial charge < -0.3 is 9.73 Å². The van der Waals surface area contributed by atoms with E-state index >= 15 is 0 Å². The van der Waals surface area contributed by atoms with Crippen LogP contribution in [0.4, 0.5) is 10.1 Å². The number of aromatic nitrogens is 2. The maximum Gasteiger partial charge on any atom is 0.250 e. The lowest BCUT2D eigenvalue weighted by atomic mass is 10.1. The third-order valence-electron chi connectivity index (χ3n) is 4.41. The monoisotopic (exact) mass is 393 g/mol. The lowest BCUT2D eigenvalue weighted by molar-refractivity contribution is 0.490. The molecule has 0 spiro atoms. The molecule has 140 valence electrons. The number of hydrogen-bond donors (Lipinski definition) is 1. The molecular weight excluding hydrogens is 377 g/mol. The maximum absolute atomic E-state index is 14.1. The van der Waals surface area contributed by atoms with Gasteiger partial charge in [0.2, 0.25) is 5.89 Å². The first-order valence-corrected chi connectivity index (χ1v) is 9.15. The normalized spacial score (nSPS) is 12.0. The Morgan fingerprint density at radius 1 is 0.964 bits per heavy atom. The van der Waals surface area contributed by atoms with Gasteiger partial charge in [-0.15, -0.1) is 10.2 Å². The summed E-state index contributed by atoms with van der Waals surface area (Å²) in [7, 11) is 0. The molecule has 4 aromatic rings. The van der Waals surface area contributed by atoms with E-state index in [0.29, 0.717) is 10.9 Å². The highest BCUT2D eigenvalue weighted by molar-refractivity contribution is 6.31. The molecule has 0 bridgehead atoms. The van der Waals surface area contributed by atoms with Crippen LogP contribution in [0.5, 0.6) is 0 Å². The predicted molar refractivity (Wildman–Crippen MR) is 108 cm³/mol. The largest absolute Gasteiger partial charge is 0.418 e. The van der Waals surface area contributed by atoms with Gasteiger partial charge in [0, 0.05) is 10.7 Å². The Morgan fingerprint density at radius 2 is 1.71 bits per heavy atom. The van der Waals surface area contributed by atoms with Gasteiger partial charge in [0.1, 0.15) is 11.9 Å². The van der Waals surface area contributed by atoms with E-state index in [-0.39, 0.29) is 11.5 Å². The van der Waals surface area contributed by atoms with Crippen molar-refractivity contribution in [2.45, 2.75) is 13.0 Å². The second kappa shape index (κ2) is 7.82. The van der Waals surface area contributed by atoms with Crippen LogP contribution in [0.2, 0.25) is 5.02 Å². The summed E-state index contributed by atoms with van der Waals surface area (Å²) in [6.45, 7) is 1.94. The van der Waals surface area contributed by atoms with E-state index in [1.54, 1.807) is 18.2 Å². The van der Waals surface area contributed by atoms with E-state index in [9.17, 15) is 4.39 Å². The van der Waals surface area contributed by atoms with Gasteiger partial charge in [-0.25, -0.2) is 4.39 Å². The lowest BCUT2D eigenvalue weighted by Gasteiger charge is -2.17. The molecule has 1 aromatic heterocycles. The molecule has 1 N–H and O–H groups in total. The summed E-state index contributed by atoms with van der Waals surface area (Å²) in [5, 5.41) is 12.3. The molecule has 1 atom stereocenters. The molecule has 0 unspecified atom stereocenters. The fraction of sp³-hybridized carbons (Fsp3) is 0.0909. The average molecular weight is 394 g/mol. The van der Waals surface area contributed by atoms with Gasteiger partial charge in [-0.05, 0) is 42.3 Å². The minimum absolute atomic E-state index is 0.137. The van der Waals surface area contributed by atoms with Crippen LogP contribution in [-0.4, -0.2) is 10.2 Å². The summed E-state index contributed by atoms with van der Waals surface area (Å²) in [6, 6.07) is 21.3. The third kappa shape index (κ3) is 3.75. The Balaban J connectivity index is 1.72. The highest BCUT2D eigenvalue weighted by Crippen LogP contribution is 2.30. The first-order chi connectivity index (χ1) is 13.6. The van der Waals surface area contributed by atoms with Crippen LogP contribution >= 0.6 is 11.6 Å². The summed E-state index contributed by atoms with van der Waals surface area (Å²) >= 11 is 6.26. The molecule has 28 heavy (non-hydrogen) atoms. The van der Waals surface area contributed by atoms with Crippen LogP contribution in [0.1, 0.15) is 23.1 Å². The SMILES string of the molecule is Cc1ccc(N[C@H](c2ccccc2)c2nnc(-c3ccccc3F)o2)cc1Cl. The summed E-state index contributed by atoms with van der Waals surface area (Å²) in [6.07, 6.45) is 0. The lowest BCUT2D eigenvalue weighted by Crippen LogP contribution is -2.13. The molecule has 4 nitrogen and oxygen atoms in total. The molecule has 0 amide bonds. The number of benzene rings is 3. The van der Waals surface area contributed by atoms with Gasteiger partial charge in [0.25, 0.3) is 5.89 Å². The van der Waals surface area contributed by atoms with Gasteiger partial charge in [-0.1, -0.05) is 60.1 Å². The molecule has 0 saturated heterocycles. The average Bonchev–Trinajstić information content (AvgIpc) is 3.19. The van der Waals surface area contributed by atoms with Crippen LogP contribution < -0.4 is 5.32 Å². The highest BCUT2D eigenvalue weighted by Gasteiger charge is 2.22. The second-order valence-electron chi connectivity index (χ2n) is 6.38. The number of nitrogens with one attached hydrogen (secondary N) is 1. The Labute approximate surface area is 167 Å². The molecule has 0 fully saturated rings. The molecule has 0 saturated carbocycles. The molecule has 0 aliphatic carbocycles. The zero-order chi connectivity index (χ0) is 19.5. The fourth-order valence-corrected chi connectivity index (χ4v) is 3.06. The van der Waals surface area contributed by atoms with Gasteiger partial charge in [-0.3, -0.25) is 0 Å². The van der Waals surface area contributed by atoms with Crippen LogP contribution in [-0.2, 0) is 0 Å². The molecule has 6 heteroatoms. The van der Waals surface area contributed by atoms with Gasteiger partial charge in [0.05, 0.1) is 5.56 Å². The molecule has 1 heterocycles. The number of nitrogens with zero attached hydrogens (tertiary/aromatic N) is 2. The van der Waals surface area contributed by atoms with Crippen molar-refractivity contribution in [3.8, 4) is 11.5 Å². The number of anilines is 1. The number of hydrogen-bond acceptors (Lipinski definition) is 4. The van der Waals surface area contributed by atoms with Crippen molar-refractivity contribution < 1.29 is 8.81 Å². The predicted octanol–water partition coefficient (Wildman–Crippen LogP) is 6.04. The summed E-state index contributed by atoms with van der Waals surface area (Å²) < 4.78 is 19.9. The van der Waals surface area contributed by atoms with Gasteiger partial charge in [0.15, 0.2) is 0 Å². The Kier molecular flexibility index (Phi) is 5.08. The van der Waals surface area contributed by atoms with Crippen molar-refractivity contribution in [1.29, 1.82) is 0 Å². The van der Waals surface area contributed by atoms with Crippen molar-refractivity contribution in [3.63, 3.8) is 0 Å². The fourth-order valence-electron chi connectivity index (χ4n) is 2.88. The molecular formula is C22H17ClFN3O. The molecule has 3 aromatic carbocycles. The third-order valence-corrected chi connectivity index (χ3v) is 4.81. The first-order valence-electron chi connectivity index (χ1n) is 8.78. The standard InChI is InChI=1S/C22H17ClFN3O/c1-14-11-12-16(13-18(14)23)25-20(15-7-3-2-4-8-15)22-27-26-21(28-22)17-9-5-6-10-19(17)24/h2-13,20,25H,1H3/t20-/m1/s1. The van der Waals surface area contributed by atoms with E-state index < -0.39 is 11.9 Å². The van der Waals surface area contributed by atoms with Crippen LogP contribution in [0.3, 0.4) is 0 Å². The van der Waals surface area contributed by atoms with Crippen LogP contribution in [0, 0.1) is 12.7 Å². The Bertz CT molecular complexity index is 1100. The van der Waals surface area contributed by atoms with Crippen molar-refractivity contribution in [3.05, 3.63) is 101 Å². The number of halogens is 2. The van der Waals surface area contributed by atoms with Gasteiger partial charge >= 0.3 is 0 Å². The molecule has 4 rings (SSSR count). The van der Waals surface area contributed by atoms with E-state index in [1.165, 1.54) is 6.07 Å². The summed E-state index contributed by atoms with van der Waals surface area (Å²) in [4.78, 5) is 0. The van der Waals surface area contributed by atoms with Crippen molar-refractivity contribution >= 4 is 17.3 Å². The van der Waals surface area contributed by atoms with Crippen LogP contribution in [0.15, 0.2) is 77.2 Å². The van der Waals surface area contributed by atoms with E-state index in [0.717, 1.165) is 16.8 Å². The van der Waals surface area contributed by atoms with Crippen molar-refractivity contribution in [2.24, 2.45) is 0 Å². The van der Waals surface area contributed by atoms with Crippen molar-refractivity contribution in [1.82, 2.24) is 10.2 Å². The minimum atomic E-state index is -0.410. The van der Waals surface area contributed by atoms with E-state index in [4.69, 9.17) is 16.0 Å². The molecule has 0 aliphatic rings. The minimum Gasteiger partial charge on any atom is -0.418 e. The Morgan fingerprint density at radius 3 is 2.46 bits per heavy atom. The van der Waals surface area contributed by atoms with E-state index in [1.807, 2.05) is 55.5 Å². The van der Waals surface area contributed by atoms with Gasteiger partial charge in [-0.2, -0.15) is 0 Å². The maximum atomic E-state index is 14.1. The smallest absolute Gasteiger partial charge is 0.250 e. The number of aryl methyl sites for hydroxylation is 1. The molecule has 0 aliphatic heterocycles.